The van der Waals surface area contributed by atoms with Crippen LogP contribution in [0.15, 0.2) is 22.7 Å². The van der Waals surface area contributed by atoms with Crippen LogP contribution in [-0.2, 0) is 0 Å². The number of hydrogen-bond acceptors (Lipinski definition) is 2. The molecule has 3 heteroatoms. The number of benzene rings is 1. The molecule has 1 aromatic carbocycles. The van der Waals surface area contributed by atoms with E-state index < -0.39 is 0 Å². The topological polar surface area (TPSA) is 27.0 Å². The summed E-state index contributed by atoms with van der Waals surface area (Å²) < 4.78 is 0.880. The summed E-state index contributed by atoms with van der Waals surface area (Å²) in [6.45, 7) is 0. The van der Waals surface area contributed by atoms with Gasteiger partial charge in [0.25, 0.3) is 0 Å². The normalized spacial score (nSPS) is 14.9. The zero-order valence-corrected chi connectivity index (χ0v) is 9.58. The van der Waals surface area contributed by atoms with E-state index in [2.05, 4.69) is 33.9 Å². The Balaban J connectivity index is 2.28. The smallest absolute Gasteiger partial charge is 0.100 e. The minimum Gasteiger partial charge on any atom is -0.372 e. The highest BCUT2D eigenvalue weighted by atomic mass is 79.9. The number of nitriles is 1. The monoisotopic (exact) mass is 250 g/mol. The fourth-order valence-electron chi connectivity index (χ4n) is 1.49. The predicted molar refractivity (Wildman–Crippen MR) is 60.3 cm³/mol. The van der Waals surface area contributed by atoms with Gasteiger partial charge in [0.05, 0.1) is 5.56 Å². The molecule has 1 saturated carbocycles. The Hall–Kier alpha value is -1.01. The van der Waals surface area contributed by atoms with Crippen LogP contribution >= 0.6 is 15.9 Å². The first-order chi connectivity index (χ1) is 6.72. The van der Waals surface area contributed by atoms with Crippen molar-refractivity contribution in [3.05, 3.63) is 28.2 Å². The Labute approximate surface area is 92.3 Å². The van der Waals surface area contributed by atoms with Gasteiger partial charge in [-0.1, -0.05) is 0 Å². The Morgan fingerprint density at radius 2 is 2.21 bits per heavy atom. The summed E-state index contributed by atoms with van der Waals surface area (Å²) in [5, 5.41) is 8.78. The minimum absolute atomic E-state index is 0.693. The van der Waals surface area contributed by atoms with Gasteiger partial charge in [0, 0.05) is 23.2 Å². The van der Waals surface area contributed by atoms with Gasteiger partial charge in [-0.05, 0) is 47.0 Å². The SMILES string of the molecule is CN(c1ccc(C#N)c(Br)c1)C1CC1. The Morgan fingerprint density at radius 3 is 2.71 bits per heavy atom. The standard InChI is InChI=1S/C11H11BrN2/c1-14(9-4-5-9)10-3-2-8(7-13)11(12)6-10/h2-3,6,9H,4-5H2,1H3. The van der Waals surface area contributed by atoms with Crippen molar-refractivity contribution < 1.29 is 0 Å². The molecule has 0 heterocycles. The van der Waals surface area contributed by atoms with Crippen molar-refractivity contribution in [2.24, 2.45) is 0 Å². The van der Waals surface area contributed by atoms with Crippen LogP contribution in [0.2, 0.25) is 0 Å². The van der Waals surface area contributed by atoms with Crippen LogP contribution in [0.5, 0.6) is 0 Å². The first kappa shape index (κ1) is 9.54. The molecular weight excluding hydrogens is 240 g/mol. The first-order valence-electron chi connectivity index (χ1n) is 4.65. The van der Waals surface area contributed by atoms with E-state index in [4.69, 9.17) is 5.26 Å². The maximum atomic E-state index is 8.78. The number of nitrogens with zero attached hydrogens (tertiary/aromatic N) is 2. The Kier molecular flexibility index (Phi) is 2.47. The molecule has 0 aromatic heterocycles. The summed E-state index contributed by atoms with van der Waals surface area (Å²) in [4.78, 5) is 2.27. The van der Waals surface area contributed by atoms with Crippen molar-refractivity contribution >= 4 is 21.6 Å². The summed E-state index contributed by atoms with van der Waals surface area (Å²) in [6, 6.07) is 8.72. The van der Waals surface area contributed by atoms with Gasteiger partial charge in [0.2, 0.25) is 0 Å². The highest BCUT2D eigenvalue weighted by Crippen LogP contribution is 2.32. The molecule has 0 radical (unpaired) electrons. The van der Waals surface area contributed by atoms with E-state index in [1.54, 1.807) is 0 Å². The molecule has 2 rings (SSSR count). The average molecular weight is 251 g/mol. The molecule has 1 aliphatic rings. The Morgan fingerprint density at radius 1 is 1.50 bits per heavy atom. The van der Waals surface area contributed by atoms with Crippen molar-refractivity contribution in [1.29, 1.82) is 5.26 Å². The van der Waals surface area contributed by atoms with Crippen LogP contribution in [0.1, 0.15) is 18.4 Å². The van der Waals surface area contributed by atoms with Gasteiger partial charge in [-0.25, -0.2) is 0 Å². The molecule has 72 valence electrons. The van der Waals surface area contributed by atoms with Gasteiger partial charge in [-0.15, -0.1) is 0 Å². The minimum atomic E-state index is 0.693. The average Bonchev–Trinajstić information content (AvgIpc) is 3.00. The van der Waals surface area contributed by atoms with Crippen molar-refractivity contribution in [3.63, 3.8) is 0 Å². The third kappa shape index (κ3) is 1.76. The van der Waals surface area contributed by atoms with E-state index in [0.717, 1.165) is 4.47 Å². The highest BCUT2D eigenvalue weighted by molar-refractivity contribution is 9.10. The fraction of sp³-hybridized carbons (Fsp3) is 0.364. The van der Waals surface area contributed by atoms with Crippen LogP contribution in [0.25, 0.3) is 0 Å². The van der Waals surface area contributed by atoms with Crippen LogP contribution in [0, 0.1) is 11.3 Å². The molecule has 0 aliphatic heterocycles. The van der Waals surface area contributed by atoms with Gasteiger partial charge in [-0.3, -0.25) is 0 Å². The van der Waals surface area contributed by atoms with Gasteiger partial charge in [-0.2, -0.15) is 5.26 Å². The van der Waals surface area contributed by atoms with Crippen LogP contribution in [0.4, 0.5) is 5.69 Å². The van der Waals surface area contributed by atoms with E-state index in [9.17, 15) is 0 Å². The lowest BCUT2D eigenvalue weighted by Gasteiger charge is -2.18. The number of anilines is 1. The van der Waals surface area contributed by atoms with E-state index in [1.165, 1.54) is 18.5 Å². The molecule has 0 N–H and O–H groups in total. The van der Waals surface area contributed by atoms with Gasteiger partial charge >= 0.3 is 0 Å². The molecule has 0 atom stereocenters. The second kappa shape index (κ2) is 3.62. The molecular formula is C11H11BrN2. The van der Waals surface area contributed by atoms with E-state index in [1.807, 2.05) is 18.2 Å². The van der Waals surface area contributed by atoms with E-state index >= 15 is 0 Å². The number of halogens is 1. The van der Waals surface area contributed by atoms with Crippen molar-refractivity contribution in [3.8, 4) is 6.07 Å². The number of hydrogen-bond donors (Lipinski definition) is 0. The van der Waals surface area contributed by atoms with Crippen molar-refractivity contribution in [2.75, 3.05) is 11.9 Å². The highest BCUT2D eigenvalue weighted by Gasteiger charge is 2.26. The van der Waals surface area contributed by atoms with Crippen molar-refractivity contribution in [1.82, 2.24) is 0 Å². The quantitative estimate of drug-likeness (QED) is 0.808. The molecule has 0 unspecified atom stereocenters. The molecule has 0 bridgehead atoms. The molecule has 0 amide bonds. The van der Waals surface area contributed by atoms with Crippen molar-refractivity contribution in [2.45, 2.75) is 18.9 Å². The largest absolute Gasteiger partial charge is 0.372 e. The molecule has 0 spiro atoms. The lowest BCUT2D eigenvalue weighted by molar-refractivity contribution is 0.916. The molecule has 2 nitrogen and oxygen atoms in total. The third-order valence-electron chi connectivity index (χ3n) is 2.57. The summed E-state index contributed by atoms with van der Waals surface area (Å²) in [5.41, 5.74) is 1.87. The summed E-state index contributed by atoms with van der Waals surface area (Å²) >= 11 is 3.40. The maximum absolute atomic E-state index is 8.78. The zero-order valence-electron chi connectivity index (χ0n) is 8.00. The van der Waals surface area contributed by atoms with Gasteiger partial charge < -0.3 is 4.90 Å². The summed E-state index contributed by atoms with van der Waals surface area (Å²) in [7, 11) is 2.10. The summed E-state index contributed by atoms with van der Waals surface area (Å²) in [6.07, 6.45) is 2.57. The maximum Gasteiger partial charge on any atom is 0.100 e. The summed E-state index contributed by atoms with van der Waals surface area (Å²) in [5.74, 6) is 0. The second-order valence-corrected chi connectivity index (χ2v) is 4.47. The molecule has 1 aromatic rings. The van der Waals surface area contributed by atoms with Crippen LogP contribution in [0.3, 0.4) is 0 Å². The van der Waals surface area contributed by atoms with Crippen LogP contribution < -0.4 is 4.90 Å². The van der Waals surface area contributed by atoms with Crippen LogP contribution in [-0.4, -0.2) is 13.1 Å². The fourth-order valence-corrected chi connectivity index (χ4v) is 1.94. The zero-order chi connectivity index (χ0) is 10.1. The van der Waals surface area contributed by atoms with Gasteiger partial charge in [0.15, 0.2) is 0 Å². The lowest BCUT2D eigenvalue weighted by Crippen LogP contribution is -2.19. The van der Waals surface area contributed by atoms with Gasteiger partial charge in [0.1, 0.15) is 6.07 Å². The van der Waals surface area contributed by atoms with E-state index in [0.29, 0.717) is 11.6 Å². The first-order valence-corrected chi connectivity index (χ1v) is 5.44. The number of rotatable bonds is 2. The lowest BCUT2D eigenvalue weighted by atomic mass is 10.2. The third-order valence-corrected chi connectivity index (χ3v) is 3.23. The Bertz CT molecular complexity index is 391. The molecule has 1 fully saturated rings. The van der Waals surface area contributed by atoms with E-state index in [-0.39, 0.29) is 0 Å². The molecule has 1 aliphatic carbocycles. The second-order valence-electron chi connectivity index (χ2n) is 3.62. The molecule has 14 heavy (non-hydrogen) atoms. The predicted octanol–water partition coefficient (Wildman–Crippen LogP) is 2.92. The molecule has 0 saturated heterocycles.